The highest BCUT2D eigenvalue weighted by Gasteiger charge is 2.29. The zero-order chi connectivity index (χ0) is 16.7. The molecule has 1 aromatic carbocycles. The molecule has 128 valence electrons. The molecule has 1 fully saturated rings. The van der Waals surface area contributed by atoms with Crippen molar-refractivity contribution in [3.05, 3.63) is 29.8 Å². The van der Waals surface area contributed by atoms with Gasteiger partial charge in [-0.15, -0.1) is 0 Å². The van der Waals surface area contributed by atoms with E-state index in [1.54, 1.807) is 7.05 Å². The van der Waals surface area contributed by atoms with E-state index < -0.39 is 11.6 Å². The summed E-state index contributed by atoms with van der Waals surface area (Å²) in [5, 5.41) is 6.31. The van der Waals surface area contributed by atoms with E-state index >= 15 is 0 Å². The number of nitrogens with zero attached hydrogens (tertiary/aromatic N) is 1. The Balaban J connectivity index is 1.68. The van der Waals surface area contributed by atoms with E-state index in [2.05, 4.69) is 22.5 Å². The van der Waals surface area contributed by atoms with E-state index in [-0.39, 0.29) is 5.60 Å². The summed E-state index contributed by atoms with van der Waals surface area (Å²) < 4.78 is 36.9. The van der Waals surface area contributed by atoms with Crippen molar-refractivity contribution in [2.24, 2.45) is 4.99 Å². The van der Waals surface area contributed by atoms with Crippen molar-refractivity contribution in [2.75, 3.05) is 33.4 Å². The fourth-order valence-electron chi connectivity index (χ4n) is 2.37. The average molecular weight is 327 g/mol. The Bertz CT molecular complexity index is 546. The smallest absolute Gasteiger partial charge is 0.191 e. The number of aliphatic imine (C=N–C) groups is 1. The Morgan fingerprint density at radius 1 is 1.35 bits per heavy atom. The number of halogens is 2. The molecule has 0 amide bonds. The van der Waals surface area contributed by atoms with Crippen molar-refractivity contribution < 1.29 is 18.3 Å². The largest absolute Gasteiger partial charge is 0.492 e. The van der Waals surface area contributed by atoms with Gasteiger partial charge in [0.15, 0.2) is 17.6 Å². The molecule has 0 saturated carbocycles. The highest BCUT2D eigenvalue weighted by molar-refractivity contribution is 5.79. The molecule has 0 aliphatic carbocycles. The first-order valence-electron chi connectivity index (χ1n) is 7.69. The molecule has 0 aromatic heterocycles. The van der Waals surface area contributed by atoms with E-state index in [9.17, 15) is 8.78 Å². The van der Waals surface area contributed by atoms with Gasteiger partial charge in [-0.25, -0.2) is 8.78 Å². The lowest BCUT2D eigenvalue weighted by Crippen LogP contribution is -2.46. The summed E-state index contributed by atoms with van der Waals surface area (Å²) in [6.45, 7) is 4.34. The van der Waals surface area contributed by atoms with Gasteiger partial charge in [-0.2, -0.15) is 0 Å². The first kappa shape index (κ1) is 17.5. The molecule has 0 radical (unpaired) electrons. The van der Waals surface area contributed by atoms with E-state index in [1.807, 2.05) is 0 Å². The highest BCUT2D eigenvalue weighted by Crippen LogP contribution is 2.23. The van der Waals surface area contributed by atoms with Crippen LogP contribution in [0.15, 0.2) is 23.2 Å². The molecule has 23 heavy (non-hydrogen) atoms. The molecule has 2 rings (SSSR count). The number of nitrogens with one attached hydrogen (secondary N) is 2. The van der Waals surface area contributed by atoms with E-state index in [1.165, 1.54) is 6.07 Å². The Morgan fingerprint density at radius 3 is 2.83 bits per heavy atom. The predicted octanol–water partition coefficient (Wildman–Crippen LogP) is 2.08. The normalized spacial score (nSPS) is 21.3. The summed E-state index contributed by atoms with van der Waals surface area (Å²) in [5.74, 6) is -0.864. The molecule has 1 aromatic rings. The third-order valence-electron chi connectivity index (χ3n) is 3.71. The zero-order valence-corrected chi connectivity index (χ0v) is 13.5. The number of rotatable bonds is 6. The van der Waals surface area contributed by atoms with Gasteiger partial charge < -0.3 is 20.1 Å². The summed E-state index contributed by atoms with van der Waals surface area (Å²) in [4.78, 5) is 4.12. The Hall–Kier alpha value is -1.89. The van der Waals surface area contributed by atoms with Crippen molar-refractivity contribution in [1.82, 2.24) is 10.6 Å². The van der Waals surface area contributed by atoms with Gasteiger partial charge in [0.25, 0.3) is 0 Å². The van der Waals surface area contributed by atoms with Crippen molar-refractivity contribution in [3.63, 3.8) is 0 Å². The van der Waals surface area contributed by atoms with Gasteiger partial charge in [0.1, 0.15) is 12.4 Å². The topological polar surface area (TPSA) is 54.9 Å². The molecule has 1 unspecified atom stereocenters. The number of ether oxygens (including phenoxy) is 2. The van der Waals surface area contributed by atoms with Crippen LogP contribution in [-0.4, -0.2) is 44.9 Å². The minimum Gasteiger partial charge on any atom is -0.492 e. The molecule has 1 saturated heterocycles. The van der Waals surface area contributed by atoms with E-state index in [0.717, 1.165) is 31.6 Å². The maximum absolute atomic E-state index is 13.0. The van der Waals surface area contributed by atoms with Crippen LogP contribution in [0.3, 0.4) is 0 Å². The number of hydrogen-bond acceptors (Lipinski definition) is 3. The number of guanidine groups is 1. The van der Waals surface area contributed by atoms with E-state index in [0.29, 0.717) is 31.4 Å². The average Bonchev–Trinajstić information content (AvgIpc) is 2.97. The van der Waals surface area contributed by atoms with Gasteiger partial charge in [-0.3, -0.25) is 4.99 Å². The molecule has 7 heteroatoms. The lowest BCUT2D eigenvalue weighted by molar-refractivity contribution is 0.0243. The Morgan fingerprint density at radius 2 is 2.17 bits per heavy atom. The zero-order valence-electron chi connectivity index (χ0n) is 13.5. The second-order valence-electron chi connectivity index (χ2n) is 5.68. The minimum absolute atomic E-state index is 0.153. The van der Waals surface area contributed by atoms with Gasteiger partial charge in [-0.05, 0) is 31.9 Å². The van der Waals surface area contributed by atoms with Crippen molar-refractivity contribution in [1.29, 1.82) is 0 Å². The molecule has 1 heterocycles. The third kappa shape index (κ3) is 5.35. The Labute approximate surface area is 135 Å². The van der Waals surface area contributed by atoms with Gasteiger partial charge in [-0.1, -0.05) is 0 Å². The van der Waals surface area contributed by atoms with Crippen LogP contribution in [0, 0.1) is 11.6 Å². The van der Waals surface area contributed by atoms with Crippen LogP contribution < -0.4 is 15.4 Å². The van der Waals surface area contributed by atoms with Crippen LogP contribution in [0.5, 0.6) is 5.75 Å². The lowest BCUT2D eigenvalue weighted by atomic mass is 10.0. The SMILES string of the molecule is CN=C(NCCOc1ccc(F)c(F)c1)NCC1(C)CCCO1. The van der Waals surface area contributed by atoms with Gasteiger partial charge in [0.2, 0.25) is 0 Å². The van der Waals surface area contributed by atoms with Gasteiger partial charge >= 0.3 is 0 Å². The standard InChI is InChI=1S/C16H23F2N3O2/c1-16(6-3-8-23-16)11-21-15(19-2)20-7-9-22-12-4-5-13(17)14(18)10-12/h4-5,10H,3,6-9,11H2,1-2H3,(H2,19,20,21). The van der Waals surface area contributed by atoms with Crippen molar-refractivity contribution in [2.45, 2.75) is 25.4 Å². The highest BCUT2D eigenvalue weighted by atomic mass is 19.2. The summed E-state index contributed by atoms with van der Waals surface area (Å²) in [6.07, 6.45) is 2.10. The monoisotopic (exact) mass is 327 g/mol. The second kappa shape index (κ2) is 8.10. The molecule has 5 nitrogen and oxygen atoms in total. The minimum atomic E-state index is -0.919. The predicted molar refractivity (Wildman–Crippen MR) is 84.8 cm³/mol. The lowest BCUT2D eigenvalue weighted by Gasteiger charge is -2.24. The first-order valence-corrected chi connectivity index (χ1v) is 7.69. The van der Waals surface area contributed by atoms with Crippen LogP contribution in [-0.2, 0) is 4.74 Å². The maximum Gasteiger partial charge on any atom is 0.191 e. The molecule has 2 N–H and O–H groups in total. The third-order valence-corrected chi connectivity index (χ3v) is 3.71. The molecule has 1 atom stereocenters. The second-order valence-corrected chi connectivity index (χ2v) is 5.68. The molecule has 1 aliphatic heterocycles. The fourth-order valence-corrected chi connectivity index (χ4v) is 2.37. The van der Waals surface area contributed by atoms with Crippen LogP contribution in [0.2, 0.25) is 0 Å². The molecule has 0 bridgehead atoms. The van der Waals surface area contributed by atoms with Crippen LogP contribution in [0.1, 0.15) is 19.8 Å². The van der Waals surface area contributed by atoms with Gasteiger partial charge in [0.05, 0.1) is 12.1 Å². The molecule has 0 spiro atoms. The Kier molecular flexibility index (Phi) is 6.15. The summed E-state index contributed by atoms with van der Waals surface area (Å²) in [5.41, 5.74) is -0.153. The fraction of sp³-hybridized carbons (Fsp3) is 0.562. The molecule has 1 aliphatic rings. The summed E-state index contributed by atoms with van der Waals surface area (Å²) in [7, 11) is 1.68. The number of benzene rings is 1. The molecular weight excluding hydrogens is 304 g/mol. The summed E-state index contributed by atoms with van der Waals surface area (Å²) >= 11 is 0. The van der Waals surface area contributed by atoms with Crippen LogP contribution in [0.25, 0.3) is 0 Å². The van der Waals surface area contributed by atoms with Crippen molar-refractivity contribution in [3.8, 4) is 5.75 Å². The maximum atomic E-state index is 13.0. The van der Waals surface area contributed by atoms with Gasteiger partial charge in [0, 0.05) is 26.3 Å². The molecular formula is C16H23F2N3O2. The van der Waals surface area contributed by atoms with Crippen molar-refractivity contribution >= 4 is 5.96 Å². The first-order chi connectivity index (χ1) is 11.0. The van der Waals surface area contributed by atoms with Crippen LogP contribution >= 0.6 is 0 Å². The summed E-state index contributed by atoms with van der Waals surface area (Å²) in [6, 6.07) is 3.46. The van der Waals surface area contributed by atoms with E-state index in [4.69, 9.17) is 9.47 Å². The quantitative estimate of drug-likeness (QED) is 0.477. The number of hydrogen-bond donors (Lipinski definition) is 2. The van der Waals surface area contributed by atoms with Crippen LogP contribution in [0.4, 0.5) is 8.78 Å².